The Morgan fingerprint density at radius 1 is 1.20 bits per heavy atom. The Morgan fingerprint density at radius 2 is 1.87 bits per heavy atom. The summed E-state index contributed by atoms with van der Waals surface area (Å²) in [6.45, 7) is 6.63. The molecule has 2 N–H and O–H groups in total. The van der Waals surface area contributed by atoms with Gasteiger partial charge in [-0.2, -0.15) is 0 Å². The number of aromatic nitrogens is 2. The molecule has 4 rings (SSSR count). The van der Waals surface area contributed by atoms with Crippen molar-refractivity contribution in [1.82, 2.24) is 19.6 Å². The van der Waals surface area contributed by atoms with Crippen LogP contribution in [0.5, 0.6) is 0 Å². The Hall–Kier alpha value is -3.50. The van der Waals surface area contributed by atoms with Crippen molar-refractivity contribution in [2.45, 2.75) is 83.2 Å². The predicted octanol–water partition coefficient (Wildman–Crippen LogP) is 6.55. The molecule has 16 heteroatoms. The van der Waals surface area contributed by atoms with Gasteiger partial charge in [-0.15, -0.1) is 11.3 Å². The van der Waals surface area contributed by atoms with Gasteiger partial charge in [-0.3, -0.25) is 14.6 Å². The number of carbonyl (C=O) groups excluding carboxylic acids is 1. The van der Waals surface area contributed by atoms with Gasteiger partial charge in [0.1, 0.15) is 15.6 Å². The molecule has 2 aromatic heterocycles. The van der Waals surface area contributed by atoms with Crippen molar-refractivity contribution in [2.75, 3.05) is 6.54 Å². The van der Waals surface area contributed by atoms with E-state index < -0.39 is 92.2 Å². The topological polar surface area (TPSA) is 130 Å². The van der Waals surface area contributed by atoms with Crippen LogP contribution in [0.4, 0.5) is 22.0 Å². The third kappa shape index (κ3) is 7.23. The number of carbonyl (C=O) groups is 2. The van der Waals surface area contributed by atoms with Crippen molar-refractivity contribution in [3.05, 3.63) is 53.1 Å². The number of sulfonamides is 1. The standard InChI is InChI=1S/C30H33F5N4O5S2/c1-6-15(2)38-46(43,44)20-11-10-18(21(22(20)31)25(32)33)24-23(27(40)39-14-30(34,35)12-16(39)3)37-26(45-24)19-9-7-8-17(36-19)13-29(4,5)28(41)42/h7-11,15-16,25,38H,6,12-14H2,1-5H3,(H,41,42)/t15-,16+/m1/s1. The van der Waals surface area contributed by atoms with Crippen LogP contribution in [-0.2, 0) is 21.2 Å². The van der Waals surface area contributed by atoms with Gasteiger partial charge in [-0.1, -0.05) is 19.1 Å². The molecule has 0 aliphatic carbocycles. The summed E-state index contributed by atoms with van der Waals surface area (Å²) in [6, 6.07) is 4.77. The van der Waals surface area contributed by atoms with Gasteiger partial charge in [0.15, 0.2) is 5.82 Å². The van der Waals surface area contributed by atoms with Gasteiger partial charge in [0.05, 0.1) is 28.1 Å². The Balaban J connectivity index is 1.92. The molecule has 1 fully saturated rings. The number of thiazole rings is 1. The Bertz CT molecular complexity index is 1760. The summed E-state index contributed by atoms with van der Waals surface area (Å²) in [6.07, 6.45) is -3.84. The van der Waals surface area contributed by atoms with Crippen LogP contribution in [0.25, 0.3) is 21.1 Å². The van der Waals surface area contributed by atoms with Gasteiger partial charge in [0.25, 0.3) is 18.3 Å². The zero-order chi connectivity index (χ0) is 34.4. The fraction of sp³-hybridized carbons (Fsp3) is 0.467. The van der Waals surface area contributed by atoms with E-state index in [1.54, 1.807) is 19.1 Å². The normalized spacial score (nSPS) is 17.5. The molecule has 250 valence electrons. The minimum atomic E-state index is -4.56. The summed E-state index contributed by atoms with van der Waals surface area (Å²) in [5.74, 6) is -7.03. The molecule has 2 atom stereocenters. The summed E-state index contributed by atoms with van der Waals surface area (Å²) >= 11 is 0.665. The molecule has 1 aliphatic rings. The number of rotatable bonds is 11. The van der Waals surface area contributed by atoms with E-state index in [4.69, 9.17) is 0 Å². The van der Waals surface area contributed by atoms with E-state index in [1.165, 1.54) is 33.8 Å². The van der Waals surface area contributed by atoms with Crippen molar-refractivity contribution < 1.29 is 45.1 Å². The van der Waals surface area contributed by atoms with E-state index in [9.17, 15) is 40.7 Å². The maximum Gasteiger partial charge on any atom is 0.309 e. The molecule has 1 amide bonds. The first kappa shape index (κ1) is 35.4. The van der Waals surface area contributed by atoms with E-state index in [-0.39, 0.29) is 22.0 Å². The van der Waals surface area contributed by atoms with Crippen molar-refractivity contribution >= 4 is 33.2 Å². The predicted molar refractivity (Wildman–Crippen MR) is 161 cm³/mol. The van der Waals surface area contributed by atoms with Crippen LogP contribution in [0.3, 0.4) is 0 Å². The number of likely N-dealkylation sites (tertiary alicyclic amines) is 1. The van der Waals surface area contributed by atoms with Gasteiger partial charge in [0.2, 0.25) is 10.0 Å². The van der Waals surface area contributed by atoms with Gasteiger partial charge in [-0.05, 0) is 52.3 Å². The third-order valence-electron chi connectivity index (χ3n) is 7.71. The van der Waals surface area contributed by atoms with Crippen molar-refractivity contribution in [2.24, 2.45) is 5.41 Å². The summed E-state index contributed by atoms with van der Waals surface area (Å²) in [5.41, 5.74) is -3.10. The molecule has 0 bridgehead atoms. The lowest BCUT2D eigenvalue weighted by Crippen LogP contribution is -2.35. The lowest BCUT2D eigenvalue weighted by atomic mass is 9.88. The Labute approximate surface area is 266 Å². The number of aliphatic carboxylic acids is 1. The first-order chi connectivity index (χ1) is 21.3. The number of amides is 1. The second-order valence-electron chi connectivity index (χ2n) is 12.0. The number of carboxylic acids is 1. The molecule has 1 aliphatic heterocycles. The molecule has 3 heterocycles. The monoisotopic (exact) mass is 688 g/mol. The zero-order valence-corrected chi connectivity index (χ0v) is 27.2. The summed E-state index contributed by atoms with van der Waals surface area (Å²) in [4.78, 5) is 33.7. The van der Waals surface area contributed by atoms with Crippen LogP contribution in [0.15, 0.2) is 35.2 Å². The van der Waals surface area contributed by atoms with Crippen LogP contribution in [0.1, 0.15) is 75.6 Å². The number of nitrogens with one attached hydrogen (secondary N) is 1. The number of benzene rings is 1. The van der Waals surface area contributed by atoms with E-state index >= 15 is 4.39 Å². The highest BCUT2D eigenvalue weighted by Crippen LogP contribution is 2.43. The van der Waals surface area contributed by atoms with E-state index in [0.717, 1.165) is 17.0 Å². The van der Waals surface area contributed by atoms with E-state index in [1.807, 2.05) is 0 Å². The Kier molecular flexibility index (Phi) is 9.95. The fourth-order valence-electron chi connectivity index (χ4n) is 5.01. The van der Waals surface area contributed by atoms with Gasteiger partial charge in [-0.25, -0.2) is 40.1 Å². The SMILES string of the molecule is CC[C@@H](C)NS(=O)(=O)c1ccc(-c2sc(-c3cccc(CC(C)(C)C(=O)O)n3)nc2C(=O)N2CC(F)(F)C[C@@H]2C)c(C(F)F)c1F. The number of nitrogens with zero attached hydrogens (tertiary/aromatic N) is 3. The van der Waals surface area contributed by atoms with E-state index in [0.29, 0.717) is 23.5 Å². The van der Waals surface area contributed by atoms with Gasteiger partial charge >= 0.3 is 5.97 Å². The second-order valence-corrected chi connectivity index (χ2v) is 14.7. The molecular weight excluding hydrogens is 655 g/mol. The Morgan fingerprint density at radius 3 is 2.43 bits per heavy atom. The van der Waals surface area contributed by atoms with Crippen molar-refractivity contribution in [3.63, 3.8) is 0 Å². The second kappa shape index (κ2) is 13.0. The molecule has 9 nitrogen and oxygen atoms in total. The van der Waals surface area contributed by atoms with Gasteiger partial charge in [0, 0.05) is 36.2 Å². The number of pyridine rings is 1. The highest BCUT2D eigenvalue weighted by atomic mass is 32.2. The molecule has 0 unspecified atom stereocenters. The molecule has 46 heavy (non-hydrogen) atoms. The first-order valence-electron chi connectivity index (χ1n) is 14.3. The minimum absolute atomic E-state index is 0.00191. The largest absolute Gasteiger partial charge is 0.481 e. The van der Waals surface area contributed by atoms with Crippen molar-refractivity contribution in [3.8, 4) is 21.1 Å². The molecular formula is C30H33F5N4O5S2. The molecule has 0 spiro atoms. The highest BCUT2D eigenvalue weighted by Gasteiger charge is 2.46. The van der Waals surface area contributed by atoms with Gasteiger partial charge < -0.3 is 10.0 Å². The number of hydrogen-bond acceptors (Lipinski definition) is 7. The van der Waals surface area contributed by atoms with Crippen LogP contribution < -0.4 is 4.72 Å². The minimum Gasteiger partial charge on any atom is -0.481 e. The summed E-state index contributed by atoms with van der Waals surface area (Å²) < 4.78 is 101. The molecule has 1 saturated heterocycles. The van der Waals surface area contributed by atoms with Crippen LogP contribution in [0, 0.1) is 11.2 Å². The third-order valence-corrected chi connectivity index (χ3v) is 10.4. The number of halogens is 5. The van der Waals surface area contributed by atoms with Crippen molar-refractivity contribution in [1.29, 1.82) is 0 Å². The molecule has 0 radical (unpaired) electrons. The van der Waals surface area contributed by atoms with E-state index in [2.05, 4.69) is 14.7 Å². The lowest BCUT2D eigenvalue weighted by molar-refractivity contribution is -0.146. The lowest BCUT2D eigenvalue weighted by Gasteiger charge is -2.21. The maximum atomic E-state index is 15.8. The average molecular weight is 689 g/mol. The van der Waals surface area contributed by atoms with Crippen LogP contribution in [0.2, 0.25) is 0 Å². The molecule has 3 aromatic rings. The number of alkyl halides is 4. The van der Waals surface area contributed by atoms with Crippen LogP contribution in [-0.4, -0.2) is 64.8 Å². The number of carboxylic acid groups (broad SMARTS) is 1. The molecule has 0 saturated carbocycles. The summed E-state index contributed by atoms with van der Waals surface area (Å²) in [7, 11) is -4.56. The quantitative estimate of drug-likeness (QED) is 0.219. The zero-order valence-electron chi connectivity index (χ0n) is 25.6. The van der Waals surface area contributed by atoms with Crippen LogP contribution >= 0.6 is 11.3 Å². The summed E-state index contributed by atoms with van der Waals surface area (Å²) in [5, 5.41) is 9.52. The molecule has 1 aromatic carbocycles. The smallest absolute Gasteiger partial charge is 0.309 e. The number of hydrogen-bond donors (Lipinski definition) is 2. The average Bonchev–Trinajstić information content (AvgIpc) is 3.51. The maximum absolute atomic E-state index is 15.8. The fourth-order valence-corrected chi connectivity index (χ4v) is 7.49. The first-order valence-corrected chi connectivity index (χ1v) is 16.6. The highest BCUT2D eigenvalue weighted by molar-refractivity contribution is 7.89.